The third-order valence-electron chi connectivity index (χ3n) is 2.47. The van der Waals surface area contributed by atoms with Gasteiger partial charge in [-0.1, -0.05) is 48.0 Å². The molecule has 2 aromatic carbocycles. The Bertz CT molecular complexity index is 441. The Kier molecular flexibility index (Phi) is 3.27. The summed E-state index contributed by atoms with van der Waals surface area (Å²) in [7, 11) is -0.663. The normalized spacial score (nSPS) is 9.88. The minimum absolute atomic E-state index is 0.663. The van der Waals surface area contributed by atoms with Crippen LogP contribution in [-0.2, 0) is 0 Å². The van der Waals surface area contributed by atoms with Crippen LogP contribution in [0, 0.1) is 6.92 Å². The first-order chi connectivity index (χ1) is 7.75. The molecule has 2 rings (SSSR count). The van der Waals surface area contributed by atoms with Crippen LogP contribution in [0.15, 0.2) is 54.6 Å². The average Bonchev–Trinajstić information content (AvgIpc) is 2.33. The molecule has 0 heterocycles. The molecule has 80 valence electrons. The highest BCUT2D eigenvalue weighted by atomic mass is 16.2. The Balaban J connectivity index is 2.08. The molecule has 0 amide bonds. The van der Waals surface area contributed by atoms with E-state index in [-0.39, 0.29) is 0 Å². The molecule has 2 N–H and O–H groups in total. The maximum absolute atomic E-state index is 9.93. The molecule has 0 bridgehead atoms. The van der Waals surface area contributed by atoms with E-state index in [1.165, 1.54) is 5.56 Å². The largest absolute Gasteiger partial charge is 0.446 e. The van der Waals surface area contributed by atoms with Crippen molar-refractivity contribution in [2.24, 2.45) is 0 Å². The van der Waals surface area contributed by atoms with Gasteiger partial charge in [0.2, 0.25) is 0 Å². The molecule has 0 aromatic heterocycles. The third kappa shape index (κ3) is 2.64. The maximum atomic E-state index is 9.93. The number of nitrogens with one attached hydrogen (secondary N) is 1. The maximum Gasteiger partial charge on any atom is 0.446 e. The van der Waals surface area contributed by atoms with Crippen LogP contribution in [-0.4, -0.2) is 12.1 Å². The fourth-order valence-electron chi connectivity index (χ4n) is 1.53. The van der Waals surface area contributed by atoms with Crippen molar-refractivity contribution < 1.29 is 5.02 Å². The predicted octanol–water partition coefficient (Wildman–Crippen LogP) is 1.79. The molecule has 0 saturated carbocycles. The zero-order chi connectivity index (χ0) is 11.4. The molecule has 16 heavy (non-hydrogen) atoms. The second-order valence-electron chi connectivity index (χ2n) is 3.82. The van der Waals surface area contributed by atoms with Crippen LogP contribution in [0.25, 0.3) is 0 Å². The summed E-state index contributed by atoms with van der Waals surface area (Å²) in [6.07, 6.45) is 0. The average molecular weight is 211 g/mol. The highest BCUT2D eigenvalue weighted by Gasteiger charge is 2.13. The second kappa shape index (κ2) is 4.86. The first-order valence-electron chi connectivity index (χ1n) is 5.32. The van der Waals surface area contributed by atoms with E-state index in [4.69, 9.17) is 0 Å². The molecule has 0 saturated heterocycles. The van der Waals surface area contributed by atoms with Crippen LogP contribution in [0.4, 0.5) is 5.69 Å². The molecule has 0 atom stereocenters. The molecular formula is C13H14BNO. The van der Waals surface area contributed by atoms with Gasteiger partial charge in [-0.2, -0.15) is 0 Å². The number of hydrogen-bond acceptors (Lipinski definition) is 2. The summed E-state index contributed by atoms with van der Waals surface area (Å²) in [6.45, 7) is 2.04. The van der Waals surface area contributed by atoms with Gasteiger partial charge in [-0.05, 0) is 24.5 Å². The smallest absolute Gasteiger partial charge is 0.429 e. The van der Waals surface area contributed by atoms with E-state index in [1.54, 1.807) is 0 Å². The minimum atomic E-state index is -0.663. The molecule has 0 aliphatic rings. The van der Waals surface area contributed by atoms with Gasteiger partial charge in [0, 0.05) is 5.69 Å². The van der Waals surface area contributed by atoms with Gasteiger partial charge in [-0.3, -0.25) is 0 Å². The van der Waals surface area contributed by atoms with E-state index in [9.17, 15) is 5.02 Å². The molecule has 0 aliphatic heterocycles. The van der Waals surface area contributed by atoms with E-state index in [2.05, 4.69) is 5.23 Å². The minimum Gasteiger partial charge on any atom is -0.429 e. The van der Waals surface area contributed by atoms with Gasteiger partial charge < -0.3 is 10.3 Å². The zero-order valence-corrected chi connectivity index (χ0v) is 9.22. The number of anilines is 1. The van der Waals surface area contributed by atoms with Crippen LogP contribution < -0.4 is 10.7 Å². The first-order valence-corrected chi connectivity index (χ1v) is 5.32. The summed E-state index contributed by atoms with van der Waals surface area (Å²) in [6, 6.07) is 17.5. The monoisotopic (exact) mass is 211 g/mol. The standard InChI is InChI=1S/C13H14BNO/c1-11-7-9-13(10-8-11)15-14(16)12-5-3-2-4-6-12/h2-10,15-16H,1H3. The third-order valence-corrected chi connectivity index (χ3v) is 2.47. The lowest BCUT2D eigenvalue weighted by atomic mass is 9.74. The Morgan fingerprint density at radius 2 is 1.56 bits per heavy atom. The summed E-state index contributed by atoms with van der Waals surface area (Å²) in [4.78, 5) is 0. The van der Waals surface area contributed by atoms with Gasteiger partial charge >= 0.3 is 7.05 Å². The van der Waals surface area contributed by atoms with Gasteiger partial charge in [-0.15, -0.1) is 0 Å². The summed E-state index contributed by atoms with van der Waals surface area (Å²) in [5.41, 5.74) is 2.99. The predicted molar refractivity (Wildman–Crippen MR) is 68.9 cm³/mol. The van der Waals surface area contributed by atoms with Crippen LogP contribution in [0.5, 0.6) is 0 Å². The van der Waals surface area contributed by atoms with Crippen molar-refractivity contribution >= 4 is 18.2 Å². The van der Waals surface area contributed by atoms with Crippen molar-refractivity contribution in [1.82, 2.24) is 0 Å². The lowest BCUT2D eigenvalue weighted by Crippen LogP contribution is -2.38. The summed E-state index contributed by atoms with van der Waals surface area (Å²) in [5.74, 6) is 0. The molecule has 0 aliphatic carbocycles. The van der Waals surface area contributed by atoms with Crippen molar-refractivity contribution in [2.45, 2.75) is 6.92 Å². The molecule has 2 aromatic rings. The highest BCUT2D eigenvalue weighted by molar-refractivity contribution is 6.69. The van der Waals surface area contributed by atoms with Gasteiger partial charge in [0.15, 0.2) is 0 Å². The topological polar surface area (TPSA) is 32.3 Å². The Morgan fingerprint density at radius 1 is 0.938 bits per heavy atom. The second-order valence-corrected chi connectivity index (χ2v) is 3.82. The molecule has 0 unspecified atom stereocenters. The molecule has 2 nitrogen and oxygen atoms in total. The Labute approximate surface area is 96.1 Å². The van der Waals surface area contributed by atoms with E-state index < -0.39 is 7.05 Å². The molecular weight excluding hydrogens is 197 g/mol. The van der Waals surface area contributed by atoms with Crippen LogP contribution in [0.2, 0.25) is 0 Å². The highest BCUT2D eigenvalue weighted by Crippen LogP contribution is 2.08. The fourth-order valence-corrected chi connectivity index (χ4v) is 1.53. The lowest BCUT2D eigenvalue weighted by Gasteiger charge is -2.10. The van der Waals surface area contributed by atoms with E-state index in [0.717, 1.165) is 11.2 Å². The number of hydrogen-bond donors (Lipinski definition) is 2. The van der Waals surface area contributed by atoms with Crippen molar-refractivity contribution in [3.05, 3.63) is 60.2 Å². The lowest BCUT2D eigenvalue weighted by molar-refractivity contribution is 0.593. The van der Waals surface area contributed by atoms with Crippen LogP contribution >= 0.6 is 0 Å². The molecule has 0 radical (unpaired) electrons. The van der Waals surface area contributed by atoms with E-state index >= 15 is 0 Å². The van der Waals surface area contributed by atoms with Crippen molar-refractivity contribution in [3.8, 4) is 0 Å². The quantitative estimate of drug-likeness (QED) is 0.758. The number of aryl methyl sites for hydroxylation is 1. The number of rotatable bonds is 3. The molecule has 0 fully saturated rings. The summed E-state index contributed by atoms with van der Waals surface area (Å²) in [5, 5.41) is 13.0. The van der Waals surface area contributed by atoms with Crippen LogP contribution in [0.3, 0.4) is 0 Å². The van der Waals surface area contributed by atoms with Gasteiger partial charge in [0.1, 0.15) is 0 Å². The van der Waals surface area contributed by atoms with Crippen molar-refractivity contribution in [2.75, 3.05) is 5.23 Å². The zero-order valence-electron chi connectivity index (χ0n) is 9.22. The Morgan fingerprint density at radius 3 is 2.19 bits per heavy atom. The van der Waals surface area contributed by atoms with Crippen molar-refractivity contribution in [3.63, 3.8) is 0 Å². The Hall–Kier alpha value is -1.74. The van der Waals surface area contributed by atoms with Gasteiger partial charge in [0.25, 0.3) is 0 Å². The van der Waals surface area contributed by atoms with E-state index in [0.29, 0.717) is 0 Å². The summed E-state index contributed by atoms with van der Waals surface area (Å²) < 4.78 is 0. The fraction of sp³-hybridized carbons (Fsp3) is 0.0769. The van der Waals surface area contributed by atoms with Gasteiger partial charge in [0.05, 0.1) is 0 Å². The summed E-state index contributed by atoms with van der Waals surface area (Å²) >= 11 is 0. The number of benzene rings is 2. The first kappa shape index (κ1) is 10.8. The van der Waals surface area contributed by atoms with Crippen LogP contribution in [0.1, 0.15) is 5.56 Å². The van der Waals surface area contributed by atoms with Gasteiger partial charge in [-0.25, -0.2) is 0 Å². The van der Waals surface area contributed by atoms with Crippen molar-refractivity contribution in [1.29, 1.82) is 0 Å². The SMILES string of the molecule is Cc1ccc(NB(O)c2ccccc2)cc1. The molecule has 0 spiro atoms. The molecule has 3 heteroatoms. The van der Waals surface area contributed by atoms with E-state index in [1.807, 2.05) is 61.5 Å².